The quantitative estimate of drug-likeness (QED) is 0.723. The number of Topliss-reactive ketones (excluding diaryl/α,β-unsaturated/α-hetero) is 1. The van der Waals surface area contributed by atoms with Crippen LogP contribution in [-0.4, -0.2) is 45.5 Å². The number of carbonyl (C=O) groups is 1. The smallest absolute Gasteiger partial charge is 0.135 e. The average molecular weight is 229 g/mol. The molecule has 15 heavy (non-hydrogen) atoms. The summed E-state index contributed by atoms with van der Waals surface area (Å²) >= 11 is 0. The molecule has 1 aliphatic heterocycles. The van der Waals surface area contributed by atoms with E-state index in [-0.39, 0.29) is 4.75 Å². The third kappa shape index (κ3) is 2.31. The van der Waals surface area contributed by atoms with E-state index in [1.807, 2.05) is 6.26 Å². The lowest BCUT2D eigenvalue weighted by Crippen LogP contribution is -2.52. The molecule has 4 heteroatoms. The summed E-state index contributed by atoms with van der Waals surface area (Å²) in [5.74, 6) is 0.381. The maximum absolute atomic E-state index is 11.7. The van der Waals surface area contributed by atoms with Crippen molar-refractivity contribution in [3.8, 4) is 0 Å². The standard InChI is InChI=1S/C11H19NO2S/c1-15(14)11(5-2-6-11)9-12-7-3-10(13)4-8-12/h2-9H2,1H3. The first-order valence-corrected chi connectivity index (χ1v) is 7.26. The summed E-state index contributed by atoms with van der Waals surface area (Å²) in [5.41, 5.74) is 0. The molecule has 3 nitrogen and oxygen atoms in total. The first kappa shape index (κ1) is 11.3. The maximum Gasteiger partial charge on any atom is 0.135 e. The molecule has 0 N–H and O–H groups in total. The number of rotatable bonds is 3. The van der Waals surface area contributed by atoms with Crippen molar-refractivity contribution in [2.45, 2.75) is 36.9 Å². The van der Waals surface area contributed by atoms with Crippen molar-refractivity contribution in [1.82, 2.24) is 4.90 Å². The Morgan fingerprint density at radius 1 is 1.33 bits per heavy atom. The Morgan fingerprint density at radius 2 is 1.93 bits per heavy atom. The van der Waals surface area contributed by atoms with Crippen molar-refractivity contribution in [1.29, 1.82) is 0 Å². The van der Waals surface area contributed by atoms with Gasteiger partial charge in [-0.2, -0.15) is 0 Å². The Kier molecular flexibility index (Phi) is 3.26. The van der Waals surface area contributed by atoms with Gasteiger partial charge in [-0.1, -0.05) is 6.42 Å². The molecule has 1 saturated carbocycles. The van der Waals surface area contributed by atoms with Crippen LogP contribution < -0.4 is 0 Å². The molecule has 0 spiro atoms. The normalized spacial score (nSPS) is 28.5. The fourth-order valence-corrected chi connectivity index (χ4v) is 3.70. The Balaban J connectivity index is 1.90. The predicted octanol–water partition coefficient (Wildman–Crippen LogP) is 0.952. The second-order valence-corrected chi connectivity index (χ2v) is 6.58. The fraction of sp³-hybridized carbons (Fsp3) is 0.909. The van der Waals surface area contributed by atoms with Gasteiger partial charge in [-0.15, -0.1) is 0 Å². The summed E-state index contributed by atoms with van der Waals surface area (Å²) in [6, 6.07) is 0. The van der Waals surface area contributed by atoms with Crippen LogP contribution in [0.25, 0.3) is 0 Å². The zero-order valence-corrected chi connectivity index (χ0v) is 10.1. The molecule has 1 heterocycles. The van der Waals surface area contributed by atoms with Crippen LogP contribution in [0.3, 0.4) is 0 Å². The van der Waals surface area contributed by atoms with Crippen LogP contribution in [0.2, 0.25) is 0 Å². The number of likely N-dealkylation sites (tertiary alicyclic amines) is 1. The highest BCUT2D eigenvalue weighted by Gasteiger charge is 2.42. The Morgan fingerprint density at radius 3 is 2.33 bits per heavy atom. The van der Waals surface area contributed by atoms with Gasteiger partial charge in [0.25, 0.3) is 0 Å². The molecule has 1 saturated heterocycles. The molecule has 0 radical (unpaired) electrons. The zero-order chi connectivity index (χ0) is 10.9. The molecule has 1 unspecified atom stereocenters. The van der Waals surface area contributed by atoms with Crippen LogP contribution in [0.5, 0.6) is 0 Å². The third-order valence-corrected chi connectivity index (χ3v) is 5.56. The van der Waals surface area contributed by atoms with Gasteiger partial charge >= 0.3 is 0 Å². The number of ketones is 1. The molecule has 1 aliphatic carbocycles. The third-order valence-electron chi connectivity index (χ3n) is 3.80. The van der Waals surface area contributed by atoms with Crippen LogP contribution in [0.15, 0.2) is 0 Å². The highest BCUT2D eigenvalue weighted by molar-refractivity contribution is 7.85. The van der Waals surface area contributed by atoms with E-state index in [0.29, 0.717) is 18.6 Å². The number of hydrogen-bond acceptors (Lipinski definition) is 3. The monoisotopic (exact) mass is 229 g/mol. The van der Waals surface area contributed by atoms with E-state index < -0.39 is 10.8 Å². The summed E-state index contributed by atoms with van der Waals surface area (Å²) < 4.78 is 11.8. The second-order valence-electron chi connectivity index (χ2n) is 4.81. The average Bonchev–Trinajstić information content (AvgIpc) is 2.13. The van der Waals surface area contributed by atoms with Crippen molar-refractivity contribution >= 4 is 16.6 Å². The van der Waals surface area contributed by atoms with E-state index >= 15 is 0 Å². The van der Waals surface area contributed by atoms with Gasteiger partial charge in [-0.3, -0.25) is 9.00 Å². The van der Waals surface area contributed by atoms with Gasteiger partial charge in [0.15, 0.2) is 0 Å². The zero-order valence-electron chi connectivity index (χ0n) is 9.33. The molecule has 2 fully saturated rings. The molecular weight excluding hydrogens is 210 g/mol. The van der Waals surface area contributed by atoms with E-state index in [1.165, 1.54) is 6.42 Å². The number of carbonyl (C=O) groups excluding carboxylic acids is 1. The lowest BCUT2D eigenvalue weighted by Gasteiger charge is -2.44. The van der Waals surface area contributed by atoms with Gasteiger partial charge < -0.3 is 4.90 Å². The first-order chi connectivity index (χ1) is 7.12. The molecule has 0 aromatic carbocycles. The fourth-order valence-electron chi connectivity index (χ4n) is 2.48. The summed E-state index contributed by atoms with van der Waals surface area (Å²) in [5, 5.41) is 0. The molecule has 0 aromatic heterocycles. The van der Waals surface area contributed by atoms with E-state index in [4.69, 9.17) is 0 Å². The van der Waals surface area contributed by atoms with Crippen molar-refractivity contribution < 1.29 is 9.00 Å². The summed E-state index contributed by atoms with van der Waals surface area (Å²) in [4.78, 5) is 13.4. The van der Waals surface area contributed by atoms with Crippen molar-refractivity contribution in [3.05, 3.63) is 0 Å². The van der Waals surface area contributed by atoms with Gasteiger partial charge in [0.05, 0.1) is 4.75 Å². The minimum absolute atomic E-state index is 0.0559. The van der Waals surface area contributed by atoms with Gasteiger partial charge in [0, 0.05) is 49.5 Å². The highest BCUT2D eigenvalue weighted by Crippen LogP contribution is 2.38. The summed E-state index contributed by atoms with van der Waals surface area (Å²) in [6.45, 7) is 2.68. The largest absolute Gasteiger partial charge is 0.301 e. The number of nitrogens with zero attached hydrogens (tertiary/aromatic N) is 1. The second kappa shape index (κ2) is 4.34. The lowest BCUT2D eigenvalue weighted by molar-refractivity contribution is -0.121. The van der Waals surface area contributed by atoms with E-state index in [0.717, 1.165) is 32.5 Å². The lowest BCUT2D eigenvalue weighted by atomic mass is 9.83. The Bertz CT molecular complexity index is 276. The van der Waals surface area contributed by atoms with Crippen molar-refractivity contribution in [3.63, 3.8) is 0 Å². The van der Waals surface area contributed by atoms with Crippen LogP contribution in [0.1, 0.15) is 32.1 Å². The Hall–Kier alpha value is -0.220. The van der Waals surface area contributed by atoms with Gasteiger partial charge in [0.1, 0.15) is 5.78 Å². The van der Waals surface area contributed by atoms with E-state index in [9.17, 15) is 9.00 Å². The topological polar surface area (TPSA) is 37.4 Å². The van der Waals surface area contributed by atoms with Crippen LogP contribution in [0.4, 0.5) is 0 Å². The predicted molar refractivity (Wildman–Crippen MR) is 61.3 cm³/mol. The molecule has 1 atom stereocenters. The van der Waals surface area contributed by atoms with Crippen LogP contribution in [0, 0.1) is 0 Å². The first-order valence-electron chi connectivity index (χ1n) is 5.70. The SMILES string of the molecule is CS(=O)C1(CN2CCC(=O)CC2)CCC1. The minimum atomic E-state index is -0.719. The molecule has 2 aliphatic rings. The van der Waals surface area contributed by atoms with Crippen molar-refractivity contribution in [2.24, 2.45) is 0 Å². The summed E-state index contributed by atoms with van der Waals surface area (Å²) in [7, 11) is -0.719. The van der Waals surface area contributed by atoms with E-state index in [1.54, 1.807) is 0 Å². The maximum atomic E-state index is 11.7. The molecule has 0 amide bonds. The summed E-state index contributed by atoms with van der Waals surface area (Å²) in [6.07, 6.45) is 6.61. The van der Waals surface area contributed by atoms with Crippen LogP contribution in [-0.2, 0) is 15.6 Å². The number of hydrogen-bond donors (Lipinski definition) is 0. The van der Waals surface area contributed by atoms with Gasteiger partial charge in [-0.25, -0.2) is 0 Å². The molecule has 0 bridgehead atoms. The highest BCUT2D eigenvalue weighted by atomic mass is 32.2. The molecular formula is C11H19NO2S. The van der Waals surface area contributed by atoms with Gasteiger partial charge in [0.2, 0.25) is 0 Å². The molecule has 0 aromatic rings. The van der Waals surface area contributed by atoms with Crippen molar-refractivity contribution in [2.75, 3.05) is 25.9 Å². The van der Waals surface area contributed by atoms with Gasteiger partial charge in [-0.05, 0) is 12.8 Å². The molecule has 2 rings (SSSR count). The molecule has 86 valence electrons. The number of piperidine rings is 1. The Labute approximate surface area is 93.7 Å². The minimum Gasteiger partial charge on any atom is -0.301 e. The van der Waals surface area contributed by atoms with Crippen LogP contribution >= 0.6 is 0 Å². The van der Waals surface area contributed by atoms with E-state index in [2.05, 4.69) is 4.90 Å².